The molecule has 98 valence electrons. The number of hydrogen-bond acceptors (Lipinski definition) is 2. The van der Waals surface area contributed by atoms with Gasteiger partial charge >= 0.3 is 0 Å². The fourth-order valence-corrected chi connectivity index (χ4v) is 5.41. The van der Waals surface area contributed by atoms with Crippen molar-refractivity contribution in [1.29, 1.82) is 0 Å². The minimum atomic E-state index is 0.534. The zero-order chi connectivity index (χ0) is 12.0. The highest BCUT2D eigenvalue weighted by atomic mass is 15.1. The lowest BCUT2D eigenvalue weighted by Crippen LogP contribution is -2.49. The van der Waals surface area contributed by atoms with Gasteiger partial charge in [-0.25, -0.2) is 0 Å². The summed E-state index contributed by atoms with van der Waals surface area (Å²) in [5.74, 6) is 2.76. The normalized spacial score (nSPS) is 49.4. The summed E-state index contributed by atoms with van der Waals surface area (Å²) < 4.78 is 0. The van der Waals surface area contributed by atoms with E-state index in [0.29, 0.717) is 11.5 Å². The van der Waals surface area contributed by atoms with Crippen molar-refractivity contribution in [2.45, 2.75) is 51.0 Å². The molecule has 2 N–H and O–H groups in total. The van der Waals surface area contributed by atoms with Gasteiger partial charge in [-0.2, -0.15) is 0 Å². The molecular weight excluding hydrogens is 208 g/mol. The van der Waals surface area contributed by atoms with Crippen molar-refractivity contribution in [3.05, 3.63) is 0 Å². The van der Waals surface area contributed by atoms with Crippen LogP contribution in [0, 0.1) is 23.2 Å². The van der Waals surface area contributed by atoms with Gasteiger partial charge in [-0.05, 0) is 75.8 Å². The summed E-state index contributed by atoms with van der Waals surface area (Å²) in [5.41, 5.74) is 7.17. The summed E-state index contributed by atoms with van der Waals surface area (Å²) in [6, 6.07) is 0.534. The molecular formula is C15H28N2. The first kappa shape index (κ1) is 12.0. The molecule has 2 nitrogen and oxygen atoms in total. The van der Waals surface area contributed by atoms with Crippen LogP contribution in [0.15, 0.2) is 0 Å². The van der Waals surface area contributed by atoms with E-state index in [0.717, 1.165) is 17.8 Å². The van der Waals surface area contributed by atoms with Crippen molar-refractivity contribution < 1.29 is 0 Å². The number of nitrogens with two attached hydrogens (primary N) is 1. The van der Waals surface area contributed by atoms with Gasteiger partial charge in [0.2, 0.25) is 0 Å². The predicted molar refractivity (Wildman–Crippen MR) is 71.8 cm³/mol. The molecule has 0 aromatic heterocycles. The predicted octanol–water partition coefficient (Wildman–Crippen LogP) is 2.48. The molecule has 3 aliphatic carbocycles. The number of fused-ring (bicyclic) bond motifs is 3. The van der Waals surface area contributed by atoms with Crippen molar-refractivity contribution in [2.24, 2.45) is 28.9 Å². The van der Waals surface area contributed by atoms with Crippen molar-refractivity contribution in [3.8, 4) is 0 Å². The Labute approximate surface area is 106 Å². The van der Waals surface area contributed by atoms with Crippen LogP contribution in [0.1, 0.15) is 44.9 Å². The maximum atomic E-state index is 6.61. The Bertz CT molecular complexity index is 285. The zero-order valence-electron chi connectivity index (χ0n) is 11.5. The van der Waals surface area contributed by atoms with Crippen LogP contribution in [0.5, 0.6) is 0 Å². The highest BCUT2D eigenvalue weighted by Gasteiger charge is 2.57. The van der Waals surface area contributed by atoms with Crippen molar-refractivity contribution in [3.63, 3.8) is 0 Å². The molecule has 2 heteroatoms. The molecule has 0 aromatic carbocycles. The summed E-state index contributed by atoms with van der Waals surface area (Å²) in [6.07, 6.45) is 10.1. The minimum absolute atomic E-state index is 0.534. The van der Waals surface area contributed by atoms with Crippen LogP contribution < -0.4 is 5.73 Å². The molecule has 0 aromatic rings. The first-order chi connectivity index (χ1) is 8.12. The molecule has 17 heavy (non-hydrogen) atoms. The van der Waals surface area contributed by atoms with Crippen LogP contribution in [-0.4, -0.2) is 31.6 Å². The van der Waals surface area contributed by atoms with E-state index >= 15 is 0 Å². The molecule has 3 aliphatic rings. The van der Waals surface area contributed by atoms with E-state index in [1.165, 1.54) is 51.5 Å². The molecule has 5 atom stereocenters. The first-order valence-electron chi connectivity index (χ1n) is 7.52. The Morgan fingerprint density at radius 1 is 1.24 bits per heavy atom. The third-order valence-electron chi connectivity index (χ3n) is 6.00. The van der Waals surface area contributed by atoms with Gasteiger partial charge in [0.05, 0.1) is 0 Å². The lowest BCUT2D eigenvalue weighted by molar-refractivity contribution is 0.0407. The smallest absolute Gasteiger partial charge is 0.0127 e. The molecule has 1 spiro atoms. The molecule has 0 heterocycles. The van der Waals surface area contributed by atoms with E-state index in [9.17, 15) is 0 Å². The average Bonchev–Trinajstić information content (AvgIpc) is 2.83. The quantitative estimate of drug-likeness (QED) is 0.798. The van der Waals surface area contributed by atoms with Gasteiger partial charge in [0, 0.05) is 12.6 Å². The van der Waals surface area contributed by atoms with E-state index in [1.54, 1.807) is 0 Å². The van der Waals surface area contributed by atoms with Gasteiger partial charge in [-0.1, -0.05) is 6.42 Å². The Morgan fingerprint density at radius 2 is 2.06 bits per heavy atom. The van der Waals surface area contributed by atoms with E-state index in [4.69, 9.17) is 5.73 Å². The third kappa shape index (κ3) is 1.84. The van der Waals surface area contributed by atoms with Gasteiger partial charge in [0.15, 0.2) is 0 Å². The van der Waals surface area contributed by atoms with Gasteiger partial charge in [-0.3, -0.25) is 0 Å². The second kappa shape index (κ2) is 4.24. The third-order valence-corrected chi connectivity index (χ3v) is 6.00. The zero-order valence-corrected chi connectivity index (χ0v) is 11.5. The highest BCUT2D eigenvalue weighted by molar-refractivity contribution is 5.10. The van der Waals surface area contributed by atoms with Crippen molar-refractivity contribution in [1.82, 2.24) is 4.90 Å². The summed E-state index contributed by atoms with van der Waals surface area (Å²) in [7, 11) is 4.42. The highest BCUT2D eigenvalue weighted by Crippen LogP contribution is 2.61. The topological polar surface area (TPSA) is 29.3 Å². The lowest BCUT2D eigenvalue weighted by atomic mass is 9.59. The lowest BCUT2D eigenvalue weighted by Gasteiger charge is -2.48. The van der Waals surface area contributed by atoms with Crippen LogP contribution in [0.3, 0.4) is 0 Å². The molecule has 3 rings (SSSR count). The second-order valence-corrected chi connectivity index (χ2v) is 7.25. The van der Waals surface area contributed by atoms with E-state index in [1.807, 2.05) is 0 Å². The Morgan fingerprint density at radius 3 is 2.71 bits per heavy atom. The van der Waals surface area contributed by atoms with Gasteiger partial charge in [0.1, 0.15) is 0 Å². The Kier molecular flexibility index (Phi) is 2.99. The molecule has 3 saturated carbocycles. The summed E-state index contributed by atoms with van der Waals surface area (Å²) in [6.45, 7) is 1.27. The number of nitrogens with zero attached hydrogens (tertiary/aromatic N) is 1. The van der Waals surface area contributed by atoms with Crippen LogP contribution in [0.4, 0.5) is 0 Å². The molecule has 3 fully saturated rings. The Hall–Kier alpha value is -0.0800. The molecule has 2 bridgehead atoms. The second-order valence-electron chi connectivity index (χ2n) is 7.25. The SMILES string of the molecule is CN(C)CC1CCCC2(C1)C1CCC(C1)C2N. The average molecular weight is 236 g/mol. The van der Waals surface area contributed by atoms with Gasteiger partial charge in [0.25, 0.3) is 0 Å². The van der Waals surface area contributed by atoms with E-state index in [-0.39, 0.29) is 0 Å². The van der Waals surface area contributed by atoms with Crippen LogP contribution in [0.2, 0.25) is 0 Å². The van der Waals surface area contributed by atoms with Crippen molar-refractivity contribution >= 4 is 0 Å². The van der Waals surface area contributed by atoms with Crippen molar-refractivity contribution in [2.75, 3.05) is 20.6 Å². The standard InChI is InChI=1S/C15H28N2/c1-17(2)10-11-4-3-7-15(9-11)13-6-5-12(8-13)14(15)16/h11-14H,3-10,16H2,1-2H3. The summed E-state index contributed by atoms with van der Waals surface area (Å²) >= 11 is 0. The molecule has 0 aliphatic heterocycles. The largest absolute Gasteiger partial charge is 0.327 e. The maximum absolute atomic E-state index is 6.61. The van der Waals surface area contributed by atoms with Crippen LogP contribution in [-0.2, 0) is 0 Å². The molecule has 0 saturated heterocycles. The molecule has 0 amide bonds. The Balaban J connectivity index is 1.74. The van der Waals surface area contributed by atoms with E-state index < -0.39 is 0 Å². The number of hydrogen-bond donors (Lipinski definition) is 1. The molecule has 0 radical (unpaired) electrons. The maximum Gasteiger partial charge on any atom is 0.0127 e. The monoisotopic (exact) mass is 236 g/mol. The fourth-order valence-electron chi connectivity index (χ4n) is 5.41. The number of rotatable bonds is 2. The first-order valence-corrected chi connectivity index (χ1v) is 7.52. The van der Waals surface area contributed by atoms with Gasteiger partial charge in [-0.15, -0.1) is 0 Å². The summed E-state index contributed by atoms with van der Waals surface area (Å²) in [5, 5.41) is 0. The van der Waals surface area contributed by atoms with Crippen LogP contribution in [0.25, 0.3) is 0 Å². The van der Waals surface area contributed by atoms with Crippen LogP contribution >= 0.6 is 0 Å². The summed E-state index contributed by atoms with van der Waals surface area (Å²) in [4.78, 5) is 2.36. The fraction of sp³-hybridized carbons (Fsp3) is 1.00. The molecule has 5 unspecified atom stereocenters. The van der Waals surface area contributed by atoms with E-state index in [2.05, 4.69) is 19.0 Å². The van der Waals surface area contributed by atoms with Gasteiger partial charge < -0.3 is 10.6 Å². The minimum Gasteiger partial charge on any atom is -0.327 e.